The van der Waals surface area contributed by atoms with Crippen LogP contribution in [0.15, 0.2) is 18.5 Å². The summed E-state index contributed by atoms with van der Waals surface area (Å²) in [6, 6.07) is 1.71. The Bertz CT molecular complexity index is 467. The number of rotatable bonds is 2. The Labute approximate surface area is 114 Å². The van der Waals surface area contributed by atoms with Crippen LogP contribution in [0.4, 0.5) is 5.69 Å². The van der Waals surface area contributed by atoms with E-state index in [1.807, 2.05) is 4.90 Å². The Balaban J connectivity index is 2.14. The van der Waals surface area contributed by atoms with E-state index in [-0.39, 0.29) is 11.3 Å². The topological polar surface area (TPSA) is 71.2 Å². The van der Waals surface area contributed by atoms with Crippen molar-refractivity contribution in [3.8, 4) is 0 Å². The summed E-state index contributed by atoms with van der Waals surface area (Å²) < 4.78 is 0. The molecule has 1 amide bonds. The molecule has 5 heteroatoms. The molecule has 0 spiro atoms. The lowest BCUT2D eigenvalue weighted by atomic mass is 9.80. The lowest BCUT2D eigenvalue weighted by molar-refractivity contribution is 0.0777. The summed E-state index contributed by atoms with van der Waals surface area (Å²) in [5.74, 6) is 6.00. The molecule has 1 atom stereocenters. The molecule has 2 rings (SSSR count). The van der Waals surface area contributed by atoms with Crippen LogP contribution in [0.2, 0.25) is 0 Å². The molecule has 1 unspecified atom stereocenters. The van der Waals surface area contributed by atoms with Crippen molar-refractivity contribution >= 4 is 11.6 Å². The van der Waals surface area contributed by atoms with Gasteiger partial charge in [-0.05, 0) is 23.8 Å². The molecular weight excluding hydrogens is 240 g/mol. The summed E-state index contributed by atoms with van der Waals surface area (Å²) in [6.07, 6.45) is 4.25. The van der Waals surface area contributed by atoms with Crippen molar-refractivity contribution in [1.29, 1.82) is 0 Å². The molecule has 104 valence electrons. The molecule has 0 saturated carbocycles. The molecule has 2 heterocycles. The van der Waals surface area contributed by atoms with Crippen molar-refractivity contribution in [3.63, 3.8) is 0 Å². The Kier molecular flexibility index (Phi) is 3.75. The summed E-state index contributed by atoms with van der Waals surface area (Å²) >= 11 is 0. The Hall–Kier alpha value is -1.62. The number of pyridine rings is 1. The molecule has 1 aliphatic heterocycles. The molecule has 0 bridgehead atoms. The highest BCUT2D eigenvalue weighted by molar-refractivity contribution is 5.99. The molecule has 1 aromatic heterocycles. The Morgan fingerprint density at radius 2 is 2.26 bits per heavy atom. The van der Waals surface area contributed by atoms with Gasteiger partial charge in [-0.15, -0.1) is 0 Å². The Morgan fingerprint density at radius 3 is 2.84 bits per heavy atom. The predicted octanol–water partition coefficient (Wildman–Crippen LogP) is 1.88. The maximum absolute atomic E-state index is 12.5. The molecule has 1 aliphatic rings. The van der Waals surface area contributed by atoms with Crippen LogP contribution in [0, 0.1) is 11.3 Å². The van der Waals surface area contributed by atoms with Crippen molar-refractivity contribution in [2.45, 2.75) is 27.2 Å². The number of nitrogen functional groups attached to an aromatic ring is 1. The first kappa shape index (κ1) is 13.8. The van der Waals surface area contributed by atoms with Crippen LogP contribution in [-0.4, -0.2) is 28.9 Å². The van der Waals surface area contributed by atoms with Gasteiger partial charge in [0.15, 0.2) is 0 Å². The van der Waals surface area contributed by atoms with Crippen LogP contribution in [0.5, 0.6) is 0 Å². The van der Waals surface area contributed by atoms with E-state index < -0.39 is 0 Å². The van der Waals surface area contributed by atoms with Crippen LogP contribution < -0.4 is 11.3 Å². The number of hydrogen-bond acceptors (Lipinski definition) is 4. The fraction of sp³-hybridized carbons (Fsp3) is 0.571. The highest BCUT2D eigenvalue weighted by atomic mass is 16.2. The fourth-order valence-corrected chi connectivity index (χ4v) is 2.52. The second-order valence-electron chi connectivity index (χ2n) is 6.17. The minimum absolute atomic E-state index is 0.0297. The maximum Gasteiger partial charge on any atom is 0.256 e. The lowest BCUT2D eigenvalue weighted by Gasteiger charge is -2.27. The summed E-state index contributed by atoms with van der Waals surface area (Å²) in [6.45, 7) is 8.31. The first-order valence-corrected chi connectivity index (χ1v) is 6.63. The number of amides is 1. The van der Waals surface area contributed by atoms with Gasteiger partial charge in [0, 0.05) is 19.3 Å². The largest absolute Gasteiger partial charge is 0.338 e. The van der Waals surface area contributed by atoms with Crippen molar-refractivity contribution in [2.24, 2.45) is 17.2 Å². The van der Waals surface area contributed by atoms with Gasteiger partial charge in [0.1, 0.15) is 0 Å². The van der Waals surface area contributed by atoms with Gasteiger partial charge in [0.05, 0.1) is 17.4 Å². The zero-order chi connectivity index (χ0) is 14.0. The normalized spacial score (nSPS) is 19.6. The molecule has 19 heavy (non-hydrogen) atoms. The zero-order valence-corrected chi connectivity index (χ0v) is 11.8. The molecule has 0 radical (unpaired) electrons. The lowest BCUT2D eigenvalue weighted by Crippen LogP contribution is -2.32. The second-order valence-corrected chi connectivity index (χ2v) is 6.17. The molecule has 5 nitrogen and oxygen atoms in total. The highest BCUT2D eigenvalue weighted by Gasteiger charge is 2.34. The van der Waals surface area contributed by atoms with Crippen LogP contribution in [-0.2, 0) is 0 Å². The minimum Gasteiger partial charge on any atom is -0.338 e. The number of aromatic nitrogens is 1. The molecule has 1 aromatic rings. The van der Waals surface area contributed by atoms with Gasteiger partial charge >= 0.3 is 0 Å². The van der Waals surface area contributed by atoms with Crippen molar-refractivity contribution in [3.05, 3.63) is 24.0 Å². The third-order valence-corrected chi connectivity index (χ3v) is 3.91. The van der Waals surface area contributed by atoms with Gasteiger partial charge in [-0.3, -0.25) is 15.6 Å². The number of nitrogens with zero attached hydrogens (tertiary/aromatic N) is 2. The fourth-order valence-electron chi connectivity index (χ4n) is 2.52. The maximum atomic E-state index is 12.5. The summed E-state index contributed by atoms with van der Waals surface area (Å²) in [5, 5.41) is 0. The highest BCUT2D eigenvalue weighted by Crippen LogP contribution is 2.34. The summed E-state index contributed by atoms with van der Waals surface area (Å²) in [4.78, 5) is 18.4. The van der Waals surface area contributed by atoms with E-state index >= 15 is 0 Å². The van der Waals surface area contributed by atoms with Crippen molar-refractivity contribution in [2.75, 3.05) is 18.5 Å². The molecule has 0 aliphatic carbocycles. The van der Waals surface area contributed by atoms with E-state index in [9.17, 15) is 4.79 Å². The average Bonchev–Trinajstić information content (AvgIpc) is 2.87. The van der Waals surface area contributed by atoms with Gasteiger partial charge in [0.25, 0.3) is 5.91 Å². The van der Waals surface area contributed by atoms with E-state index in [0.29, 0.717) is 17.2 Å². The monoisotopic (exact) mass is 262 g/mol. The number of nitrogens with two attached hydrogens (primary N) is 1. The number of anilines is 1. The standard InChI is InChI=1S/C14H22N4O/c1-14(2,3)10-5-7-18(9-10)13(19)11-4-6-16-8-12(11)17-15/h4,6,8,10,17H,5,7,9,15H2,1-3H3. The second kappa shape index (κ2) is 5.17. The van der Waals surface area contributed by atoms with Crippen LogP contribution in [0.3, 0.4) is 0 Å². The van der Waals surface area contributed by atoms with Crippen LogP contribution in [0.25, 0.3) is 0 Å². The first-order chi connectivity index (χ1) is 8.93. The third kappa shape index (κ3) is 2.87. The number of hydrogen-bond donors (Lipinski definition) is 2. The molecule has 0 aromatic carbocycles. The number of carbonyl (C=O) groups excluding carboxylic acids is 1. The number of nitrogens with one attached hydrogen (secondary N) is 1. The predicted molar refractivity (Wildman–Crippen MR) is 75.5 cm³/mol. The van der Waals surface area contributed by atoms with Crippen molar-refractivity contribution < 1.29 is 4.79 Å². The number of carbonyl (C=O) groups is 1. The van der Waals surface area contributed by atoms with E-state index in [1.54, 1.807) is 18.5 Å². The first-order valence-electron chi connectivity index (χ1n) is 6.63. The molecular formula is C14H22N4O. The average molecular weight is 262 g/mol. The minimum atomic E-state index is 0.0297. The quantitative estimate of drug-likeness (QED) is 0.630. The van der Waals surface area contributed by atoms with E-state index in [4.69, 9.17) is 5.84 Å². The van der Waals surface area contributed by atoms with Gasteiger partial charge in [-0.1, -0.05) is 20.8 Å². The van der Waals surface area contributed by atoms with Crippen LogP contribution >= 0.6 is 0 Å². The third-order valence-electron chi connectivity index (χ3n) is 3.91. The van der Waals surface area contributed by atoms with Crippen LogP contribution in [0.1, 0.15) is 37.6 Å². The van der Waals surface area contributed by atoms with Gasteiger partial charge in [-0.25, -0.2) is 0 Å². The van der Waals surface area contributed by atoms with E-state index in [1.165, 1.54) is 0 Å². The van der Waals surface area contributed by atoms with E-state index in [2.05, 4.69) is 31.2 Å². The molecule has 1 fully saturated rings. The van der Waals surface area contributed by atoms with Gasteiger partial charge in [-0.2, -0.15) is 0 Å². The SMILES string of the molecule is CC(C)(C)C1CCN(C(=O)c2ccncc2NN)C1. The smallest absolute Gasteiger partial charge is 0.256 e. The zero-order valence-electron chi connectivity index (χ0n) is 11.8. The van der Waals surface area contributed by atoms with E-state index in [0.717, 1.165) is 19.5 Å². The van der Waals surface area contributed by atoms with Crippen molar-refractivity contribution in [1.82, 2.24) is 9.88 Å². The number of likely N-dealkylation sites (tertiary alicyclic amines) is 1. The summed E-state index contributed by atoms with van der Waals surface area (Å²) in [5.41, 5.74) is 3.94. The Morgan fingerprint density at radius 1 is 1.53 bits per heavy atom. The summed E-state index contributed by atoms with van der Waals surface area (Å²) in [7, 11) is 0. The number of hydrazine groups is 1. The molecule has 1 saturated heterocycles. The van der Waals surface area contributed by atoms with Gasteiger partial charge < -0.3 is 10.3 Å². The van der Waals surface area contributed by atoms with Gasteiger partial charge in [0.2, 0.25) is 0 Å². The molecule has 3 N–H and O–H groups in total.